The van der Waals surface area contributed by atoms with Gasteiger partial charge in [0.2, 0.25) is 0 Å². The minimum Gasteiger partial charge on any atom is -0.462 e. The van der Waals surface area contributed by atoms with Gasteiger partial charge in [-0.25, -0.2) is 0 Å². The smallest absolute Gasteiger partial charge is 0.306 e. The molecule has 0 aromatic carbocycles. The Balaban J connectivity index is 2.46. The minimum atomic E-state index is -1.62. The maximum atomic E-state index is 12.7. The van der Waals surface area contributed by atoms with Crippen molar-refractivity contribution in [3.63, 3.8) is 0 Å². The molecule has 0 bridgehead atoms. The van der Waals surface area contributed by atoms with Crippen LogP contribution in [-0.2, 0) is 28.5 Å². The zero-order valence-electron chi connectivity index (χ0n) is 33.6. The number of esters is 2. The van der Waals surface area contributed by atoms with Crippen LogP contribution < -0.4 is 0 Å². The van der Waals surface area contributed by atoms with E-state index in [2.05, 4.69) is 44.2 Å². The Bertz CT molecular complexity index is 1320. The van der Waals surface area contributed by atoms with Gasteiger partial charge in [0.05, 0.1) is 13.2 Å². The molecule has 0 aliphatic carbocycles. The Morgan fingerprint density at radius 2 is 1.07 bits per heavy atom. The van der Waals surface area contributed by atoms with Gasteiger partial charge in [-0.2, -0.15) is 0 Å². The standard InChI is InChI=1S/C46H68O10/c1-3-5-7-9-11-13-15-17-18-19-20-21-23-24-26-28-30-32-34-41(48)53-37-39(38-54-46-45(52)44(51)43(50)40(36-47)56-46)55-42(49)35-33-31-29-27-25-22-16-14-12-10-8-6-4-2/h6-22,25,27,29,39-40,43-47,50-52H,3-5,23-24,26,28,30-38H2,1-2H3/b8-6+,9-7+,12-10+,13-11+,16-14+,17-15+,19-18+,21-20+,25-22+,29-27+/t39?,40-,43+,44?,45?,46-/m0/s1. The summed E-state index contributed by atoms with van der Waals surface area (Å²) in [5.41, 5.74) is 0. The molecular weight excluding hydrogens is 712 g/mol. The van der Waals surface area contributed by atoms with E-state index < -0.39 is 55.4 Å². The molecule has 1 fully saturated rings. The molecule has 312 valence electrons. The van der Waals surface area contributed by atoms with E-state index in [4.69, 9.17) is 18.9 Å². The SMILES string of the molecule is CC/C=C/C=C/C=C/C=C/C=C/CCCC(=O)OC(COC(=O)CCCCCCC/C=C/C=C/C=C/C=C/C=C/CCC)CO[C@H]1O[C@@H](CO)[C@@H](O)C(O)C1O. The van der Waals surface area contributed by atoms with Crippen LogP contribution in [0.2, 0.25) is 0 Å². The molecule has 0 aromatic rings. The zero-order valence-corrected chi connectivity index (χ0v) is 33.6. The van der Waals surface area contributed by atoms with Crippen LogP contribution >= 0.6 is 0 Å². The second-order valence-corrected chi connectivity index (χ2v) is 13.2. The van der Waals surface area contributed by atoms with Gasteiger partial charge in [0.15, 0.2) is 12.4 Å². The van der Waals surface area contributed by atoms with Crippen molar-refractivity contribution >= 4 is 11.9 Å². The fraction of sp³-hybridized carbons (Fsp3) is 0.522. The number of rotatable bonds is 30. The van der Waals surface area contributed by atoms with Gasteiger partial charge < -0.3 is 39.4 Å². The van der Waals surface area contributed by atoms with Crippen molar-refractivity contribution in [3.8, 4) is 0 Å². The zero-order chi connectivity index (χ0) is 40.9. The molecular formula is C46H68O10. The second kappa shape index (κ2) is 35.5. The first-order valence-corrected chi connectivity index (χ1v) is 20.2. The summed E-state index contributed by atoms with van der Waals surface area (Å²) in [6.07, 6.45) is 42.1. The molecule has 0 saturated carbocycles. The van der Waals surface area contributed by atoms with E-state index >= 15 is 0 Å². The van der Waals surface area contributed by atoms with Crippen LogP contribution in [0.25, 0.3) is 0 Å². The summed E-state index contributed by atoms with van der Waals surface area (Å²) in [6, 6.07) is 0. The summed E-state index contributed by atoms with van der Waals surface area (Å²) < 4.78 is 22.0. The molecule has 10 heteroatoms. The Morgan fingerprint density at radius 1 is 0.571 bits per heavy atom. The number of aliphatic hydroxyl groups excluding tert-OH is 4. The number of unbranched alkanes of at least 4 members (excludes halogenated alkanes) is 7. The van der Waals surface area contributed by atoms with Gasteiger partial charge in [-0.1, -0.05) is 161 Å². The summed E-state index contributed by atoms with van der Waals surface area (Å²) in [5, 5.41) is 40.0. The van der Waals surface area contributed by atoms with Crippen LogP contribution in [0.1, 0.15) is 97.3 Å². The van der Waals surface area contributed by atoms with E-state index in [0.717, 1.165) is 51.4 Å². The van der Waals surface area contributed by atoms with Crippen LogP contribution in [0.4, 0.5) is 0 Å². The normalized spacial score (nSPS) is 21.7. The number of allylic oxidation sites excluding steroid dienone is 20. The first kappa shape index (κ1) is 50.1. The summed E-state index contributed by atoms with van der Waals surface area (Å²) in [5.74, 6) is -0.941. The van der Waals surface area contributed by atoms with Crippen molar-refractivity contribution in [2.75, 3.05) is 19.8 Å². The topological polar surface area (TPSA) is 152 Å². The van der Waals surface area contributed by atoms with Crippen molar-refractivity contribution in [2.24, 2.45) is 0 Å². The van der Waals surface area contributed by atoms with E-state index in [1.807, 2.05) is 91.1 Å². The van der Waals surface area contributed by atoms with Gasteiger partial charge in [-0.15, -0.1) is 0 Å². The van der Waals surface area contributed by atoms with Crippen LogP contribution in [0.5, 0.6) is 0 Å². The molecule has 0 radical (unpaired) electrons. The van der Waals surface area contributed by atoms with Crippen molar-refractivity contribution in [3.05, 3.63) is 122 Å². The molecule has 1 aliphatic heterocycles. The van der Waals surface area contributed by atoms with Crippen LogP contribution in [0.15, 0.2) is 122 Å². The molecule has 6 atom stereocenters. The molecule has 4 N–H and O–H groups in total. The third-order valence-corrected chi connectivity index (χ3v) is 8.32. The first-order valence-electron chi connectivity index (χ1n) is 20.2. The molecule has 10 nitrogen and oxygen atoms in total. The molecule has 56 heavy (non-hydrogen) atoms. The van der Waals surface area contributed by atoms with Crippen molar-refractivity contribution in [1.82, 2.24) is 0 Å². The molecule has 0 amide bonds. The van der Waals surface area contributed by atoms with Crippen molar-refractivity contribution in [1.29, 1.82) is 0 Å². The number of carbonyl (C=O) groups excluding carboxylic acids is 2. The van der Waals surface area contributed by atoms with Gasteiger partial charge in [0.25, 0.3) is 0 Å². The van der Waals surface area contributed by atoms with Gasteiger partial charge in [0, 0.05) is 12.8 Å². The Hall–Kier alpha value is -3.90. The maximum absolute atomic E-state index is 12.7. The molecule has 1 aliphatic rings. The lowest BCUT2D eigenvalue weighted by Gasteiger charge is -2.39. The van der Waals surface area contributed by atoms with Crippen LogP contribution in [0, 0.1) is 0 Å². The highest BCUT2D eigenvalue weighted by atomic mass is 16.7. The Kier molecular flexibility index (Phi) is 31.8. The molecule has 1 rings (SSSR count). The highest BCUT2D eigenvalue weighted by molar-refractivity contribution is 5.70. The van der Waals surface area contributed by atoms with Crippen molar-refractivity contribution in [2.45, 2.75) is 134 Å². The van der Waals surface area contributed by atoms with Gasteiger partial charge in [-0.3, -0.25) is 9.59 Å². The fourth-order valence-corrected chi connectivity index (χ4v) is 5.13. The monoisotopic (exact) mass is 780 g/mol. The van der Waals surface area contributed by atoms with Gasteiger partial charge in [-0.05, 0) is 44.9 Å². The third kappa shape index (κ3) is 26.8. The number of carbonyl (C=O) groups is 2. The highest BCUT2D eigenvalue weighted by Gasteiger charge is 2.44. The summed E-state index contributed by atoms with van der Waals surface area (Å²) in [7, 11) is 0. The average molecular weight is 781 g/mol. The Labute approximate surface area is 335 Å². The summed E-state index contributed by atoms with van der Waals surface area (Å²) in [6.45, 7) is 3.04. The lowest BCUT2D eigenvalue weighted by Crippen LogP contribution is -2.59. The molecule has 3 unspecified atom stereocenters. The second-order valence-electron chi connectivity index (χ2n) is 13.2. The molecule has 1 saturated heterocycles. The van der Waals surface area contributed by atoms with E-state index in [1.54, 1.807) is 0 Å². The number of hydrogen-bond donors (Lipinski definition) is 4. The van der Waals surface area contributed by atoms with E-state index in [1.165, 1.54) is 0 Å². The maximum Gasteiger partial charge on any atom is 0.306 e. The molecule has 0 spiro atoms. The van der Waals surface area contributed by atoms with E-state index in [-0.39, 0.29) is 26.1 Å². The predicted octanol–water partition coefficient (Wildman–Crippen LogP) is 7.93. The molecule has 1 heterocycles. The number of ether oxygens (including phenoxy) is 4. The number of aliphatic hydroxyl groups is 4. The van der Waals surface area contributed by atoms with Crippen molar-refractivity contribution < 1.29 is 49.0 Å². The third-order valence-electron chi connectivity index (χ3n) is 8.32. The Morgan fingerprint density at radius 3 is 1.64 bits per heavy atom. The van der Waals surface area contributed by atoms with Gasteiger partial charge >= 0.3 is 11.9 Å². The summed E-state index contributed by atoms with van der Waals surface area (Å²) in [4.78, 5) is 25.2. The summed E-state index contributed by atoms with van der Waals surface area (Å²) >= 11 is 0. The average Bonchev–Trinajstić information content (AvgIpc) is 3.19. The minimum absolute atomic E-state index is 0.119. The highest BCUT2D eigenvalue weighted by Crippen LogP contribution is 2.22. The predicted molar refractivity (Wildman–Crippen MR) is 223 cm³/mol. The molecule has 0 aromatic heterocycles. The lowest BCUT2D eigenvalue weighted by atomic mass is 9.99. The first-order chi connectivity index (χ1) is 27.3. The fourth-order valence-electron chi connectivity index (χ4n) is 5.13. The largest absolute Gasteiger partial charge is 0.462 e. The number of hydrogen-bond acceptors (Lipinski definition) is 10. The van der Waals surface area contributed by atoms with E-state index in [0.29, 0.717) is 19.3 Å². The van der Waals surface area contributed by atoms with E-state index in [9.17, 15) is 30.0 Å². The lowest BCUT2D eigenvalue weighted by molar-refractivity contribution is -0.305. The quantitative estimate of drug-likeness (QED) is 0.0321. The van der Waals surface area contributed by atoms with Gasteiger partial charge in [0.1, 0.15) is 31.0 Å². The van der Waals surface area contributed by atoms with Crippen LogP contribution in [-0.4, -0.2) is 89.0 Å². The van der Waals surface area contributed by atoms with Crippen LogP contribution in [0.3, 0.4) is 0 Å².